The van der Waals surface area contributed by atoms with Gasteiger partial charge in [-0.25, -0.2) is 0 Å². The van der Waals surface area contributed by atoms with Crippen LogP contribution in [0.3, 0.4) is 0 Å². The van der Waals surface area contributed by atoms with Crippen LogP contribution in [0.5, 0.6) is 11.5 Å². The minimum atomic E-state index is 0. The molecule has 5 rings (SSSR count). The molecule has 1 heterocycles. The normalized spacial score (nSPS) is 9.13. The van der Waals surface area contributed by atoms with Crippen LogP contribution in [-0.2, 0) is 20.0 Å². The second-order valence-corrected chi connectivity index (χ2v) is 7.59. The first-order valence-electron chi connectivity index (χ1n) is 9.06. The molecule has 0 fully saturated rings. The second kappa shape index (κ2) is 14.0. The van der Waals surface area contributed by atoms with Crippen molar-refractivity contribution in [1.82, 2.24) is 0 Å². The van der Waals surface area contributed by atoms with Crippen molar-refractivity contribution in [2.24, 2.45) is 0 Å². The van der Waals surface area contributed by atoms with E-state index in [1.54, 1.807) is 23.5 Å². The zero-order chi connectivity index (χ0) is 20.5. The Hall–Kier alpha value is -2.14. The van der Waals surface area contributed by atoms with Crippen molar-refractivity contribution in [3.63, 3.8) is 0 Å². The van der Waals surface area contributed by atoms with Crippen LogP contribution in [0.4, 0.5) is 0 Å². The first-order valence-corrected chi connectivity index (χ1v) is 10.8. The Balaban J connectivity index is 0.000000231. The summed E-state index contributed by atoms with van der Waals surface area (Å²) in [5.74, 6) is 0.700. The Kier molecular flexibility index (Phi) is 12.2. The third-order valence-corrected chi connectivity index (χ3v) is 5.85. The van der Waals surface area contributed by atoms with Gasteiger partial charge in [0.1, 0.15) is 11.5 Å². The van der Waals surface area contributed by atoms with E-state index in [1.807, 2.05) is 92.8 Å². The Morgan fingerprint density at radius 3 is 1.39 bits per heavy atom. The Morgan fingerprint density at radius 1 is 0.581 bits per heavy atom. The van der Waals surface area contributed by atoms with Crippen molar-refractivity contribution in [1.29, 1.82) is 0 Å². The Bertz CT molecular complexity index is 1120. The molecule has 0 saturated heterocycles. The molecule has 2 N–H and O–H groups in total. The van der Waals surface area contributed by atoms with Crippen molar-refractivity contribution >= 4 is 62.0 Å². The number of phenolic OH excluding ortho intramolecular Hbond substituents is 2. The standard InChI is InChI=1S/2C10H8O.C5H4S.2ClH.Ti/c2*11-10-7-3-5-8-4-1-2-6-9(8)10;1-5-3-2-4-6-5;;;/h2*1-7,11H;1-4H;2*1H;. The molecule has 158 valence electrons. The first-order chi connectivity index (χ1) is 14.2. The van der Waals surface area contributed by atoms with Gasteiger partial charge >= 0.3 is 58.0 Å². The van der Waals surface area contributed by atoms with Gasteiger partial charge in [0.15, 0.2) is 0 Å². The number of benzene rings is 4. The molecule has 0 aliphatic heterocycles. The molecule has 0 spiro atoms. The van der Waals surface area contributed by atoms with Crippen LogP contribution in [0.25, 0.3) is 21.5 Å². The van der Waals surface area contributed by atoms with E-state index in [0.717, 1.165) is 21.5 Å². The van der Waals surface area contributed by atoms with Crippen molar-refractivity contribution in [3.05, 3.63) is 107 Å². The van der Waals surface area contributed by atoms with Gasteiger partial charge in [-0.15, -0.1) is 24.8 Å². The molecule has 0 bridgehead atoms. The summed E-state index contributed by atoms with van der Waals surface area (Å²) in [6, 6.07) is 30.7. The van der Waals surface area contributed by atoms with Gasteiger partial charge in [-0.05, 0) is 22.9 Å². The van der Waals surface area contributed by atoms with Crippen LogP contribution in [0.1, 0.15) is 4.88 Å². The molecule has 2 nitrogen and oxygen atoms in total. The van der Waals surface area contributed by atoms with Gasteiger partial charge in [-0.1, -0.05) is 72.8 Å². The zero-order valence-corrected chi connectivity index (χ0v) is 20.5. The van der Waals surface area contributed by atoms with Gasteiger partial charge in [-0.2, -0.15) is 0 Å². The molecule has 5 aromatic rings. The number of hydrogen-bond donors (Lipinski definition) is 2. The number of fused-ring (bicyclic) bond motifs is 2. The van der Waals surface area contributed by atoms with Crippen LogP contribution in [-0.4, -0.2) is 14.5 Å². The van der Waals surface area contributed by atoms with E-state index < -0.39 is 0 Å². The SMILES string of the molecule is Cl.Cl.Oc1cccc2ccccc12.Oc1cccc2ccccc12.[Ti]=[CH]c1cccs1. The second-order valence-electron chi connectivity index (χ2n) is 6.16. The third kappa shape index (κ3) is 7.81. The average molecular weight is 505 g/mol. The van der Waals surface area contributed by atoms with Gasteiger partial charge in [0.2, 0.25) is 0 Å². The van der Waals surface area contributed by atoms with Crippen molar-refractivity contribution in [2.75, 3.05) is 0 Å². The van der Waals surface area contributed by atoms with Crippen molar-refractivity contribution < 1.29 is 30.2 Å². The first kappa shape index (κ1) is 26.9. The number of hydrogen-bond acceptors (Lipinski definition) is 3. The minimum absolute atomic E-state index is 0. The molecule has 0 radical (unpaired) electrons. The monoisotopic (exact) mass is 504 g/mol. The number of aromatic hydroxyl groups is 2. The molecule has 6 heteroatoms. The quantitative estimate of drug-likeness (QED) is 0.234. The van der Waals surface area contributed by atoms with E-state index in [2.05, 4.69) is 21.8 Å². The summed E-state index contributed by atoms with van der Waals surface area (Å²) in [5, 5.41) is 24.8. The average Bonchev–Trinajstić information content (AvgIpc) is 3.30. The zero-order valence-electron chi connectivity index (χ0n) is 16.5. The maximum atomic E-state index is 9.37. The van der Waals surface area contributed by atoms with Gasteiger partial charge in [0.25, 0.3) is 0 Å². The summed E-state index contributed by atoms with van der Waals surface area (Å²) < 4.78 is 2.10. The molecule has 0 amide bonds. The van der Waals surface area contributed by atoms with E-state index in [1.165, 1.54) is 4.88 Å². The molecule has 0 saturated carbocycles. The summed E-state index contributed by atoms with van der Waals surface area (Å²) in [6.45, 7) is 0. The van der Waals surface area contributed by atoms with Crippen LogP contribution >= 0.6 is 36.2 Å². The summed E-state index contributed by atoms with van der Waals surface area (Å²) in [4.78, 5) is 1.35. The molecule has 0 aliphatic rings. The fourth-order valence-electron chi connectivity index (χ4n) is 2.79. The number of rotatable bonds is 1. The summed E-state index contributed by atoms with van der Waals surface area (Å²) in [5.41, 5.74) is 0. The van der Waals surface area contributed by atoms with Crippen molar-refractivity contribution in [3.8, 4) is 11.5 Å². The van der Waals surface area contributed by atoms with E-state index in [9.17, 15) is 10.2 Å². The Labute approximate surface area is 209 Å². The fraction of sp³-hybridized carbons (Fsp3) is 0. The molecule has 0 atom stereocenters. The third-order valence-electron chi connectivity index (χ3n) is 4.22. The predicted molar refractivity (Wildman–Crippen MR) is 135 cm³/mol. The van der Waals surface area contributed by atoms with Crippen LogP contribution in [0.2, 0.25) is 0 Å². The fourth-order valence-corrected chi connectivity index (χ4v) is 3.80. The van der Waals surface area contributed by atoms with Gasteiger partial charge in [-0.3, -0.25) is 0 Å². The van der Waals surface area contributed by atoms with Gasteiger partial charge in [0.05, 0.1) is 0 Å². The van der Waals surface area contributed by atoms with Crippen LogP contribution < -0.4 is 0 Å². The molecule has 0 aliphatic carbocycles. The summed E-state index contributed by atoms with van der Waals surface area (Å²) >= 11 is 3.81. The number of halogens is 2. The van der Waals surface area contributed by atoms with Crippen molar-refractivity contribution in [2.45, 2.75) is 0 Å². The van der Waals surface area contributed by atoms with E-state index in [4.69, 9.17) is 0 Å². The number of thiophene rings is 1. The molecular weight excluding hydrogens is 483 g/mol. The topological polar surface area (TPSA) is 40.5 Å². The molecule has 31 heavy (non-hydrogen) atoms. The number of phenols is 2. The predicted octanol–water partition coefficient (Wildman–Crippen LogP) is 7.38. The summed E-state index contributed by atoms with van der Waals surface area (Å²) in [7, 11) is 0. The molecule has 4 aromatic carbocycles. The summed E-state index contributed by atoms with van der Waals surface area (Å²) in [6.07, 6.45) is 0. The van der Waals surface area contributed by atoms with Gasteiger partial charge in [0, 0.05) is 10.8 Å². The van der Waals surface area contributed by atoms with Crippen LogP contribution in [0, 0.1) is 0 Å². The van der Waals surface area contributed by atoms with E-state index >= 15 is 0 Å². The van der Waals surface area contributed by atoms with E-state index in [-0.39, 0.29) is 24.8 Å². The molecule has 0 unspecified atom stereocenters. The Morgan fingerprint density at radius 2 is 1.03 bits per heavy atom. The molecular formula is C25H22Cl2O2STi. The van der Waals surface area contributed by atoms with Crippen LogP contribution in [0.15, 0.2) is 102 Å². The van der Waals surface area contributed by atoms with Gasteiger partial charge < -0.3 is 10.2 Å². The maximum absolute atomic E-state index is 9.37. The van der Waals surface area contributed by atoms with E-state index in [0.29, 0.717) is 11.5 Å². The molecule has 1 aromatic heterocycles.